The molecular formula is C16H27NO. The van der Waals surface area contributed by atoms with E-state index < -0.39 is 0 Å². The molecule has 0 aliphatic carbocycles. The van der Waals surface area contributed by atoms with Gasteiger partial charge in [0.15, 0.2) is 0 Å². The van der Waals surface area contributed by atoms with E-state index in [1.807, 2.05) is 0 Å². The Labute approximate surface area is 112 Å². The molecule has 0 aliphatic heterocycles. The minimum Gasteiger partial charge on any atom is -0.492 e. The Hall–Kier alpha value is -1.02. The van der Waals surface area contributed by atoms with Crippen LogP contribution in [0.25, 0.3) is 0 Å². The first-order chi connectivity index (χ1) is 8.63. The Morgan fingerprint density at radius 3 is 2.33 bits per heavy atom. The van der Waals surface area contributed by atoms with Crippen LogP contribution in [-0.2, 0) is 0 Å². The molecule has 1 N–H and O–H groups in total. The van der Waals surface area contributed by atoms with Crippen LogP contribution in [0.15, 0.2) is 24.3 Å². The van der Waals surface area contributed by atoms with Crippen LogP contribution in [-0.4, -0.2) is 19.7 Å². The zero-order chi connectivity index (χ0) is 13.4. The average Bonchev–Trinajstić information content (AvgIpc) is 2.38. The molecule has 0 saturated heterocycles. The van der Waals surface area contributed by atoms with Crippen molar-refractivity contribution < 1.29 is 4.74 Å². The molecule has 18 heavy (non-hydrogen) atoms. The maximum absolute atomic E-state index is 5.69. The van der Waals surface area contributed by atoms with Crippen molar-refractivity contribution in [3.63, 3.8) is 0 Å². The van der Waals surface area contributed by atoms with Gasteiger partial charge in [0.1, 0.15) is 12.4 Å². The Kier molecular flexibility index (Phi) is 6.81. The van der Waals surface area contributed by atoms with Crippen LogP contribution in [0.1, 0.15) is 45.6 Å². The molecule has 1 unspecified atom stereocenters. The topological polar surface area (TPSA) is 21.3 Å². The Morgan fingerprint density at radius 1 is 1.11 bits per heavy atom. The zero-order valence-electron chi connectivity index (χ0n) is 12.2. The Bertz CT molecular complexity index is 318. The average molecular weight is 249 g/mol. The van der Waals surface area contributed by atoms with Crippen LogP contribution in [0.4, 0.5) is 0 Å². The normalized spacial score (nSPS) is 12.7. The highest BCUT2D eigenvalue weighted by molar-refractivity contribution is 5.29. The molecule has 0 heterocycles. The smallest absolute Gasteiger partial charge is 0.119 e. The zero-order valence-corrected chi connectivity index (χ0v) is 12.2. The number of benzene rings is 1. The summed E-state index contributed by atoms with van der Waals surface area (Å²) in [4.78, 5) is 0. The van der Waals surface area contributed by atoms with Crippen molar-refractivity contribution in [1.29, 1.82) is 0 Å². The first kappa shape index (κ1) is 15.0. The van der Waals surface area contributed by atoms with Gasteiger partial charge in [0.25, 0.3) is 0 Å². The minimum absolute atomic E-state index is 0.631. The molecule has 0 spiro atoms. The van der Waals surface area contributed by atoms with Gasteiger partial charge in [0, 0.05) is 6.54 Å². The first-order valence-electron chi connectivity index (χ1n) is 7.07. The van der Waals surface area contributed by atoms with Gasteiger partial charge in [0.05, 0.1) is 0 Å². The second-order valence-corrected chi connectivity index (χ2v) is 5.32. The lowest BCUT2D eigenvalue weighted by Gasteiger charge is -2.11. The fourth-order valence-corrected chi connectivity index (χ4v) is 1.76. The van der Waals surface area contributed by atoms with Crippen LogP contribution in [0.2, 0.25) is 0 Å². The third-order valence-corrected chi connectivity index (χ3v) is 3.16. The summed E-state index contributed by atoms with van der Waals surface area (Å²) >= 11 is 0. The molecular weight excluding hydrogens is 222 g/mol. The number of ether oxygens (including phenoxy) is 1. The third-order valence-electron chi connectivity index (χ3n) is 3.16. The van der Waals surface area contributed by atoms with Gasteiger partial charge < -0.3 is 10.1 Å². The highest BCUT2D eigenvalue weighted by Crippen LogP contribution is 2.21. The van der Waals surface area contributed by atoms with E-state index in [-0.39, 0.29) is 0 Å². The SMILES string of the molecule is CCC(C)c1ccc(OCCNCC(C)C)cc1. The van der Waals surface area contributed by atoms with E-state index in [9.17, 15) is 0 Å². The monoisotopic (exact) mass is 249 g/mol. The van der Waals surface area contributed by atoms with Crippen molar-refractivity contribution >= 4 is 0 Å². The van der Waals surface area contributed by atoms with Crippen LogP contribution < -0.4 is 10.1 Å². The molecule has 0 bridgehead atoms. The molecule has 2 nitrogen and oxygen atoms in total. The van der Waals surface area contributed by atoms with Gasteiger partial charge in [-0.1, -0.05) is 39.8 Å². The summed E-state index contributed by atoms with van der Waals surface area (Å²) in [5.41, 5.74) is 1.39. The van der Waals surface area contributed by atoms with E-state index in [0.29, 0.717) is 11.8 Å². The van der Waals surface area contributed by atoms with Crippen molar-refractivity contribution in [3.8, 4) is 5.75 Å². The van der Waals surface area contributed by atoms with Gasteiger partial charge >= 0.3 is 0 Å². The maximum Gasteiger partial charge on any atom is 0.119 e. The van der Waals surface area contributed by atoms with E-state index in [1.165, 1.54) is 12.0 Å². The molecule has 102 valence electrons. The van der Waals surface area contributed by atoms with Crippen molar-refractivity contribution in [2.45, 2.75) is 40.0 Å². The van der Waals surface area contributed by atoms with Gasteiger partial charge in [0.2, 0.25) is 0 Å². The summed E-state index contributed by atoms with van der Waals surface area (Å²) in [6.45, 7) is 11.6. The number of hydrogen-bond donors (Lipinski definition) is 1. The van der Waals surface area contributed by atoms with E-state index in [4.69, 9.17) is 4.74 Å². The molecule has 2 heteroatoms. The quantitative estimate of drug-likeness (QED) is 0.707. The van der Waals surface area contributed by atoms with Gasteiger partial charge in [-0.15, -0.1) is 0 Å². The minimum atomic E-state index is 0.631. The van der Waals surface area contributed by atoms with Crippen molar-refractivity contribution in [2.75, 3.05) is 19.7 Å². The maximum atomic E-state index is 5.69. The lowest BCUT2D eigenvalue weighted by atomic mass is 9.99. The first-order valence-corrected chi connectivity index (χ1v) is 7.07. The molecule has 1 aromatic rings. The van der Waals surface area contributed by atoms with Crippen LogP contribution in [0.5, 0.6) is 5.75 Å². The van der Waals surface area contributed by atoms with Crippen LogP contribution in [0, 0.1) is 5.92 Å². The van der Waals surface area contributed by atoms with Gasteiger partial charge in [-0.3, -0.25) is 0 Å². The van der Waals surface area contributed by atoms with Gasteiger partial charge in [-0.25, -0.2) is 0 Å². The van der Waals surface area contributed by atoms with E-state index in [1.54, 1.807) is 0 Å². The fourth-order valence-electron chi connectivity index (χ4n) is 1.76. The van der Waals surface area contributed by atoms with Crippen molar-refractivity contribution in [3.05, 3.63) is 29.8 Å². The summed E-state index contributed by atoms with van der Waals surface area (Å²) in [6, 6.07) is 8.49. The molecule has 1 atom stereocenters. The van der Waals surface area contributed by atoms with Crippen LogP contribution >= 0.6 is 0 Å². The van der Waals surface area contributed by atoms with Crippen molar-refractivity contribution in [1.82, 2.24) is 5.32 Å². The predicted molar refractivity (Wildman–Crippen MR) is 78.4 cm³/mol. The highest BCUT2D eigenvalue weighted by atomic mass is 16.5. The molecule has 0 amide bonds. The van der Waals surface area contributed by atoms with Crippen LogP contribution in [0.3, 0.4) is 0 Å². The molecule has 0 radical (unpaired) electrons. The molecule has 0 aliphatic rings. The summed E-state index contributed by atoms with van der Waals surface area (Å²) < 4.78 is 5.69. The van der Waals surface area contributed by atoms with E-state index >= 15 is 0 Å². The molecule has 0 fully saturated rings. The molecule has 0 saturated carbocycles. The lowest BCUT2D eigenvalue weighted by Crippen LogP contribution is -2.24. The molecule has 0 aromatic heterocycles. The Balaban J connectivity index is 2.27. The summed E-state index contributed by atoms with van der Waals surface area (Å²) in [5, 5.41) is 3.37. The fraction of sp³-hybridized carbons (Fsp3) is 0.625. The highest BCUT2D eigenvalue weighted by Gasteiger charge is 2.02. The number of rotatable bonds is 8. The second kappa shape index (κ2) is 8.15. The van der Waals surface area contributed by atoms with E-state index in [0.717, 1.165) is 25.4 Å². The summed E-state index contributed by atoms with van der Waals surface area (Å²) in [5.74, 6) is 2.29. The van der Waals surface area contributed by atoms with E-state index in [2.05, 4.69) is 57.3 Å². The van der Waals surface area contributed by atoms with Gasteiger partial charge in [-0.2, -0.15) is 0 Å². The molecule has 1 aromatic carbocycles. The lowest BCUT2D eigenvalue weighted by molar-refractivity contribution is 0.311. The summed E-state index contributed by atoms with van der Waals surface area (Å²) in [6.07, 6.45) is 1.18. The number of hydrogen-bond acceptors (Lipinski definition) is 2. The third kappa shape index (κ3) is 5.54. The largest absolute Gasteiger partial charge is 0.492 e. The van der Waals surface area contributed by atoms with Crippen molar-refractivity contribution in [2.24, 2.45) is 5.92 Å². The summed E-state index contributed by atoms with van der Waals surface area (Å²) in [7, 11) is 0. The second-order valence-electron chi connectivity index (χ2n) is 5.32. The van der Waals surface area contributed by atoms with Gasteiger partial charge in [-0.05, 0) is 42.5 Å². The number of nitrogens with one attached hydrogen (secondary N) is 1. The standard InChI is InChI=1S/C16H27NO/c1-5-14(4)15-6-8-16(9-7-15)18-11-10-17-12-13(2)3/h6-9,13-14,17H,5,10-12H2,1-4H3. The predicted octanol–water partition coefficient (Wildman–Crippen LogP) is 3.82. The Morgan fingerprint density at radius 2 is 1.78 bits per heavy atom. The molecule has 1 rings (SSSR count).